The maximum atomic E-state index is 11.9. The van der Waals surface area contributed by atoms with Gasteiger partial charge in [0, 0.05) is 20.0 Å². The molecule has 1 amide bonds. The zero-order valence-electron chi connectivity index (χ0n) is 12.8. The van der Waals surface area contributed by atoms with Gasteiger partial charge in [0.05, 0.1) is 11.4 Å². The highest BCUT2D eigenvalue weighted by atomic mass is 32.2. The molecule has 0 spiro atoms. The summed E-state index contributed by atoms with van der Waals surface area (Å²) in [4.78, 5) is 11.6. The van der Waals surface area contributed by atoms with Crippen LogP contribution in [-0.2, 0) is 14.8 Å². The standard InChI is InChI=1S/C14H22N2O4S/c1-11(2)14(17)15-9-10-20-12-5-7-13(8-6-12)21(18,19)16(3)4/h5-8,11H,9-10H2,1-4H3,(H,15,17). The van der Waals surface area contributed by atoms with E-state index in [1.165, 1.54) is 26.2 Å². The number of hydrogen-bond donors (Lipinski definition) is 1. The first kappa shape index (κ1) is 17.5. The van der Waals surface area contributed by atoms with E-state index >= 15 is 0 Å². The molecule has 0 bridgehead atoms. The van der Waals surface area contributed by atoms with Gasteiger partial charge in [-0.1, -0.05) is 13.8 Å². The number of ether oxygens (including phenoxy) is 1. The second kappa shape index (κ2) is 7.42. The smallest absolute Gasteiger partial charge is 0.242 e. The van der Waals surface area contributed by atoms with Crippen molar-refractivity contribution in [2.75, 3.05) is 27.2 Å². The van der Waals surface area contributed by atoms with Gasteiger partial charge >= 0.3 is 0 Å². The van der Waals surface area contributed by atoms with Crippen LogP contribution in [0.1, 0.15) is 13.8 Å². The number of rotatable bonds is 7. The Hall–Kier alpha value is -1.60. The van der Waals surface area contributed by atoms with Crippen LogP contribution in [0.5, 0.6) is 5.75 Å². The summed E-state index contributed by atoms with van der Waals surface area (Å²) in [5, 5.41) is 2.74. The quantitative estimate of drug-likeness (QED) is 0.764. The predicted octanol–water partition coefficient (Wildman–Crippen LogP) is 1.09. The fourth-order valence-electron chi connectivity index (χ4n) is 1.47. The molecule has 0 aromatic heterocycles. The Morgan fingerprint density at radius 2 is 1.81 bits per heavy atom. The highest BCUT2D eigenvalue weighted by Crippen LogP contribution is 2.17. The molecule has 0 aliphatic heterocycles. The number of nitrogens with one attached hydrogen (secondary N) is 1. The number of nitrogens with zero attached hydrogens (tertiary/aromatic N) is 1. The Morgan fingerprint density at radius 1 is 1.24 bits per heavy atom. The van der Waals surface area contributed by atoms with E-state index in [-0.39, 0.29) is 16.7 Å². The molecule has 1 aromatic carbocycles. The molecule has 0 saturated heterocycles. The number of carbonyl (C=O) groups excluding carboxylic acids is 1. The molecular formula is C14H22N2O4S. The monoisotopic (exact) mass is 314 g/mol. The van der Waals surface area contributed by atoms with E-state index in [9.17, 15) is 13.2 Å². The van der Waals surface area contributed by atoms with E-state index in [0.717, 1.165) is 4.31 Å². The first-order chi connectivity index (χ1) is 9.75. The Morgan fingerprint density at radius 3 is 2.29 bits per heavy atom. The first-order valence-corrected chi connectivity index (χ1v) is 8.12. The van der Waals surface area contributed by atoms with Crippen LogP contribution in [0, 0.1) is 5.92 Å². The Labute approximate surface area is 126 Å². The molecule has 7 heteroatoms. The van der Waals surface area contributed by atoms with Crippen LogP contribution < -0.4 is 10.1 Å². The lowest BCUT2D eigenvalue weighted by Crippen LogP contribution is -2.31. The Kier molecular flexibility index (Phi) is 6.17. The van der Waals surface area contributed by atoms with Gasteiger partial charge in [0.1, 0.15) is 12.4 Å². The first-order valence-electron chi connectivity index (χ1n) is 6.68. The molecule has 0 fully saturated rings. The third-order valence-corrected chi connectivity index (χ3v) is 4.63. The molecule has 0 radical (unpaired) electrons. The van der Waals surface area contributed by atoms with Crippen molar-refractivity contribution in [3.05, 3.63) is 24.3 Å². The molecule has 1 N–H and O–H groups in total. The minimum absolute atomic E-state index is 0.0222. The molecule has 0 atom stereocenters. The van der Waals surface area contributed by atoms with Crippen LogP contribution in [0.4, 0.5) is 0 Å². The van der Waals surface area contributed by atoms with Crippen molar-refractivity contribution in [1.29, 1.82) is 0 Å². The van der Waals surface area contributed by atoms with Crippen molar-refractivity contribution in [2.24, 2.45) is 5.92 Å². The molecule has 0 unspecified atom stereocenters. The second-order valence-electron chi connectivity index (χ2n) is 5.05. The van der Waals surface area contributed by atoms with E-state index < -0.39 is 10.0 Å². The molecule has 6 nitrogen and oxygen atoms in total. The maximum absolute atomic E-state index is 11.9. The van der Waals surface area contributed by atoms with Crippen LogP contribution in [0.25, 0.3) is 0 Å². The maximum Gasteiger partial charge on any atom is 0.242 e. The number of sulfonamides is 1. The third-order valence-electron chi connectivity index (χ3n) is 2.80. The van der Waals surface area contributed by atoms with Crippen molar-refractivity contribution >= 4 is 15.9 Å². The third kappa shape index (κ3) is 5.02. The summed E-state index contributed by atoms with van der Waals surface area (Å²) in [5.74, 6) is 0.484. The number of amides is 1. The van der Waals surface area contributed by atoms with Crippen molar-refractivity contribution in [1.82, 2.24) is 9.62 Å². The largest absolute Gasteiger partial charge is 0.492 e. The van der Waals surface area contributed by atoms with Gasteiger partial charge in [-0.05, 0) is 24.3 Å². The second-order valence-corrected chi connectivity index (χ2v) is 7.20. The summed E-state index contributed by atoms with van der Waals surface area (Å²) >= 11 is 0. The number of benzene rings is 1. The molecule has 0 heterocycles. The van der Waals surface area contributed by atoms with Gasteiger partial charge in [-0.3, -0.25) is 4.79 Å². The summed E-state index contributed by atoms with van der Waals surface area (Å²) in [7, 11) is -0.452. The van der Waals surface area contributed by atoms with E-state index in [2.05, 4.69) is 5.32 Å². The van der Waals surface area contributed by atoms with Crippen LogP contribution in [0.15, 0.2) is 29.2 Å². The van der Waals surface area contributed by atoms with Crippen LogP contribution >= 0.6 is 0 Å². The van der Waals surface area contributed by atoms with Gasteiger partial charge in [0.25, 0.3) is 0 Å². The van der Waals surface area contributed by atoms with Gasteiger partial charge in [-0.15, -0.1) is 0 Å². The van der Waals surface area contributed by atoms with Crippen molar-refractivity contribution in [3.8, 4) is 5.75 Å². The van der Waals surface area contributed by atoms with Gasteiger partial charge in [-0.25, -0.2) is 12.7 Å². The average Bonchev–Trinajstić information content (AvgIpc) is 2.43. The summed E-state index contributed by atoms with van der Waals surface area (Å²) < 4.78 is 30.4. The lowest BCUT2D eigenvalue weighted by Gasteiger charge is -2.12. The van der Waals surface area contributed by atoms with Crippen molar-refractivity contribution < 1.29 is 17.9 Å². The summed E-state index contributed by atoms with van der Waals surface area (Å²) in [6.07, 6.45) is 0. The van der Waals surface area contributed by atoms with Crippen molar-refractivity contribution in [2.45, 2.75) is 18.7 Å². The zero-order valence-corrected chi connectivity index (χ0v) is 13.6. The van der Waals surface area contributed by atoms with Gasteiger partial charge in [0.2, 0.25) is 15.9 Å². The topological polar surface area (TPSA) is 75.7 Å². The summed E-state index contributed by atoms with van der Waals surface area (Å²) in [6.45, 7) is 4.38. The summed E-state index contributed by atoms with van der Waals surface area (Å²) in [5.41, 5.74) is 0. The minimum atomic E-state index is -3.42. The van der Waals surface area contributed by atoms with Crippen LogP contribution in [0.3, 0.4) is 0 Å². The fraction of sp³-hybridized carbons (Fsp3) is 0.500. The molecular weight excluding hydrogens is 292 g/mol. The lowest BCUT2D eigenvalue weighted by atomic mass is 10.2. The highest BCUT2D eigenvalue weighted by molar-refractivity contribution is 7.89. The van der Waals surface area contributed by atoms with Gasteiger partial charge in [-0.2, -0.15) is 0 Å². The van der Waals surface area contributed by atoms with Crippen molar-refractivity contribution in [3.63, 3.8) is 0 Å². The fourth-order valence-corrected chi connectivity index (χ4v) is 2.37. The molecule has 1 aromatic rings. The highest BCUT2D eigenvalue weighted by Gasteiger charge is 2.16. The Balaban J connectivity index is 2.51. The van der Waals surface area contributed by atoms with Gasteiger partial charge in [0.15, 0.2) is 0 Å². The summed E-state index contributed by atoms with van der Waals surface area (Å²) in [6, 6.07) is 6.19. The molecule has 0 aliphatic rings. The predicted molar refractivity (Wildman–Crippen MR) is 80.7 cm³/mol. The zero-order chi connectivity index (χ0) is 16.0. The van der Waals surface area contributed by atoms with Gasteiger partial charge < -0.3 is 10.1 Å². The molecule has 1 rings (SSSR count). The lowest BCUT2D eigenvalue weighted by molar-refractivity contribution is -0.124. The van der Waals surface area contributed by atoms with Crippen LogP contribution in [0.2, 0.25) is 0 Å². The SMILES string of the molecule is CC(C)C(=O)NCCOc1ccc(S(=O)(=O)N(C)C)cc1. The minimum Gasteiger partial charge on any atom is -0.492 e. The van der Waals surface area contributed by atoms with E-state index in [4.69, 9.17) is 4.74 Å². The van der Waals surface area contributed by atoms with E-state index in [1.54, 1.807) is 12.1 Å². The molecule has 0 aliphatic carbocycles. The molecule has 118 valence electrons. The molecule has 0 saturated carbocycles. The molecule has 21 heavy (non-hydrogen) atoms. The number of carbonyl (C=O) groups is 1. The normalized spacial score (nSPS) is 11.7. The van der Waals surface area contributed by atoms with Crippen LogP contribution in [-0.4, -0.2) is 45.9 Å². The van der Waals surface area contributed by atoms with E-state index in [0.29, 0.717) is 18.9 Å². The van der Waals surface area contributed by atoms with E-state index in [1.807, 2.05) is 13.8 Å². The Bertz CT molecular complexity index is 565. The average molecular weight is 314 g/mol. The number of hydrogen-bond acceptors (Lipinski definition) is 4.